The first-order valence-electron chi connectivity index (χ1n) is 7.89. The van der Waals surface area contributed by atoms with Crippen LogP contribution in [0.5, 0.6) is 0 Å². The van der Waals surface area contributed by atoms with E-state index in [-0.39, 0.29) is 0 Å². The summed E-state index contributed by atoms with van der Waals surface area (Å²) in [6.07, 6.45) is 6.33. The SMILES string of the molecule is CCCC1CCCN(c2nc(C(C)(C)C(=O)O)cs2)CC1. The van der Waals surface area contributed by atoms with Crippen LogP contribution in [0.4, 0.5) is 5.13 Å². The number of hydrogen-bond donors (Lipinski definition) is 1. The molecule has 1 fully saturated rings. The van der Waals surface area contributed by atoms with E-state index in [1.807, 2.05) is 5.38 Å². The number of aromatic nitrogens is 1. The molecule has 0 bridgehead atoms. The van der Waals surface area contributed by atoms with Crippen LogP contribution in [0.15, 0.2) is 5.38 Å². The number of anilines is 1. The summed E-state index contributed by atoms with van der Waals surface area (Å²) >= 11 is 1.58. The molecular formula is C16H26N2O2S. The molecule has 1 aliphatic rings. The maximum atomic E-state index is 11.3. The molecular weight excluding hydrogens is 284 g/mol. The highest BCUT2D eigenvalue weighted by atomic mass is 32.1. The van der Waals surface area contributed by atoms with Crippen molar-refractivity contribution >= 4 is 22.4 Å². The Morgan fingerprint density at radius 1 is 1.48 bits per heavy atom. The van der Waals surface area contributed by atoms with E-state index in [0.717, 1.165) is 24.1 Å². The topological polar surface area (TPSA) is 53.4 Å². The molecule has 1 unspecified atom stereocenters. The van der Waals surface area contributed by atoms with E-state index in [1.165, 1.54) is 32.1 Å². The maximum absolute atomic E-state index is 11.3. The first-order chi connectivity index (χ1) is 9.95. The van der Waals surface area contributed by atoms with Gasteiger partial charge in [0.1, 0.15) is 5.41 Å². The monoisotopic (exact) mass is 310 g/mol. The highest BCUT2D eigenvalue weighted by Crippen LogP contribution is 2.31. The molecule has 5 heteroatoms. The number of rotatable bonds is 5. The zero-order valence-corrected chi connectivity index (χ0v) is 14.1. The molecule has 0 aliphatic carbocycles. The Morgan fingerprint density at radius 3 is 2.90 bits per heavy atom. The number of hydrogen-bond acceptors (Lipinski definition) is 4. The number of carboxylic acids is 1. The minimum absolute atomic E-state index is 0.671. The normalized spacial score (nSPS) is 20.3. The maximum Gasteiger partial charge on any atom is 0.315 e. The lowest BCUT2D eigenvalue weighted by molar-refractivity contribution is -0.142. The average Bonchev–Trinajstić information content (AvgIpc) is 2.82. The summed E-state index contributed by atoms with van der Waals surface area (Å²) in [5.74, 6) is 0.0214. The fraction of sp³-hybridized carbons (Fsp3) is 0.750. The first-order valence-corrected chi connectivity index (χ1v) is 8.77. The van der Waals surface area contributed by atoms with Crippen LogP contribution in [0.2, 0.25) is 0 Å². The molecule has 1 aliphatic heterocycles. The molecule has 0 aromatic carbocycles. The minimum Gasteiger partial charge on any atom is -0.481 e. The van der Waals surface area contributed by atoms with Crippen molar-refractivity contribution < 1.29 is 9.90 Å². The van der Waals surface area contributed by atoms with Gasteiger partial charge in [-0.25, -0.2) is 4.98 Å². The van der Waals surface area contributed by atoms with Gasteiger partial charge in [0.15, 0.2) is 5.13 Å². The van der Waals surface area contributed by atoms with Gasteiger partial charge < -0.3 is 10.0 Å². The first kappa shape index (κ1) is 16.3. The Balaban J connectivity index is 2.06. The predicted octanol–water partition coefficient (Wildman–Crippen LogP) is 3.91. The van der Waals surface area contributed by atoms with Gasteiger partial charge in [0.2, 0.25) is 0 Å². The van der Waals surface area contributed by atoms with E-state index in [4.69, 9.17) is 0 Å². The van der Waals surface area contributed by atoms with Gasteiger partial charge in [0, 0.05) is 18.5 Å². The molecule has 1 atom stereocenters. The number of nitrogens with zero attached hydrogens (tertiary/aromatic N) is 2. The van der Waals surface area contributed by atoms with Gasteiger partial charge in [-0.05, 0) is 39.0 Å². The van der Waals surface area contributed by atoms with Gasteiger partial charge in [-0.15, -0.1) is 11.3 Å². The van der Waals surface area contributed by atoms with Crippen LogP contribution in [0, 0.1) is 5.92 Å². The fourth-order valence-corrected chi connectivity index (χ4v) is 3.91. The Kier molecular flexibility index (Phi) is 5.25. The second-order valence-electron chi connectivity index (χ2n) is 6.52. The molecule has 118 valence electrons. The summed E-state index contributed by atoms with van der Waals surface area (Å²) in [5.41, 5.74) is -0.241. The van der Waals surface area contributed by atoms with Gasteiger partial charge in [-0.2, -0.15) is 0 Å². The van der Waals surface area contributed by atoms with Crippen LogP contribution in [-0.2, 0) is 10.2 Å². The van der Waals surface area contributed by atoms with E-state index in [9.17, 15) is 9.90 Å². The molecule has 1 aromatic rings. The summed E-state index contributed by atoms with van der Waals surface area (Å²) in [6, 6.07) is 0. The van der Waals surface area contributed by atoms with Crippen molar-refractivity contribution in [2.24, 2.45) is 5.92 Å². The summed E-state index contributed by atoms with van der Waals surface area (Å²) in [4.78, 5) is 18.3. The van der Waals surface area contributed by atoms with Crippen LogP contribution < -0.4 is 4.90 Å². The summed E-state index contributed by atoms with van der Waals surface area (Å²) in [5, 5.41) is 12.2. The molecule has 4 nitrogen and oxygen atoms in total. The highest BCUT2D eigenvalue weighted by molar-refractivity contribution is 7.13. The van der Waals surface area contributed by atoms with Gasteiger partial charge in [0.05, 0.1) is 5.69 Å². The zero-order chi connectivity index (χ0) is 15.5. The van der Waals surface area contributed by atoms with Crippen molar-refractivity contribution in [1.82, 2.24) is 4.98 Å². The third kappa shape index (κ3) is 3.76. The number of carbonyl (C=O) groups is 1. The molecule has 0 saturated carbocycles. The smallest absolute Gasteiger partial charge is 0.315 e. The van der Waals surface area contributed by atoms with E-state index < -0.39 is 11.4 Å². The third-order valence-electron chi connectivity index (χ3n) is 4.48. The molecule has 0 radical (unpaired) electrons. The van der Waals surface area contributed by atoms with Crippen molar-refractivity contribution in [2.45, 2.75) is 58.3 Å². The van der Waals surface area contributed by atoms with E-state index in [1.54, 1.807) is 25.2 Å². The van der Waals surface area contributed by atoms with E-state index >= 15 is 0 Å². The number of thiazole rings is 1. The largest absolute Gasteiger partial charge is 0.481 e. The van der Waals surface area contributed by atoms with E-state index in [0.29, 0.717) is 5.69 Å². The van der Waals surface area contributed by atoms with Crippen LogP contribution in [0.3, 0.4) is 0 Å². The Morgan fingerprint density at radius 2 is 2.24 bits per heavy atom. The zero-order valence-electron chi connectivity index (χ0n) is 13.3. The quantitative estimate of drug-likeness (QED) is 0.896. The van der Waals surface area contributed by atoms with E-state index in [2.05, 4.69) is 16.8 Å². The lowest BCUT2D eigenvalue weighted by Gasteiger charge is -2.20. The standard InChI is InChI=1S/C16H26N2O2S/c1-4-6-12-7-5-9-18(10-8-12)15-17-13(11-21-15)16(2,3)14(19)20/h11-12H,4-10H2,1-3H3,(H,19,20). The summed E-state index contributed by atoms with van der Waals surface area (Å²) in [6.45, 7) is 7.78. The second kappa shape index (κ2) is 6.77. The van der Waals surface area contributed by atoms with Crippen LogP contribution >= 0.6 is 11.3 Å². The van der Waals surface area contributed by atoms with Gasteiger partial charge >= 0.3 is 5.97 Å². The molecule has 1 aromatic heterocycles. The Labute approximate surface area is 131 Å². The third-order valence-corrected chi connectivity index (χ3v) is 5.38. The lowest BCUT2D eigenvalue weighted by Crippen LogP contribution is -2.29. The molecule has 2 heterocycles. The summed E-state index contributed by atoms with van der Waals surface area (Å²) < 4.78 is 0. The highest BCUT2D eigenvalue weighted by Gasteiger charge is 2.32. The molecule has 1 saturated heterocycles. The van der Waals surface area contributed by atoms with Crippen molar-refractivity contribution in [3.05, 3.63) is 11.1 Å². The van der Waals surface area contributed by atoms with Crippen molar-refractivity contribution in [3.63, 3.8) is 0 Å². The van der Waals surface area contributed by atoms with Crippen molar-refractivity contribution in [2.75, 3.05) is 18.0 Å². The van der Waals surface area contributed by atoms with Crippen LogP contribution in [-0.4, -0.2) is 29.1 Å². The fourth-order valence-electron chi connectivity index (χ4n) is 2.86. The molecule has 0 amide bonds. The lowest BCUT2D eigenvalue weighted by atomic mass is 9.90. The summed E-state index contributed by atoms with van der Waals surface area (Å²) in [7, 11) is 0. The number of aliphatic carboxylic acids is 1. The van der Waals surface area contributed by atoms with Gasteiger partial charge in [-0.1, -0.05) is 19.8 Å². The minimum atomic E-state index is -0.911. The van der Waals surface area contributed by atoms with Crippen molar-refractivity contribution in [3.8, 4) is 0 Å². The Bertz CT molecular complexity index is 484. The molecule has 0 spiro atoms. The Hall–Kier alpha value is -1.10. The predicted molar refractivity (Wildman–Crippen MR) is 87.2 cm³/mol. The van der Waals surface area contributed by atoms with Crippen LogP contribution in [0.25, 0.3) is 0 Å². The van der Waals surface area contributed by atoms with Gasteiger partial charge in [-0.3, -0.25) is 4.79 Å². The van der Waals surface area contributed by atoms with Crippen molar-refractivity contribution in [1.29, 1.82) is 0 Å². The number of carboxylic acid groups (broad SMARTS) is 1. The second-order valence-corrected chi connectivity index (χ2v) is 7.35. The van der Waals surface area contributed by atoms with Gasteiger partial charge in [0.25, 0.3) is 0 Å². The molecule has 1 N–H and O–H groups in total. The molecule has 2 rings (SSSR count). The average molecular weight is 310 g/mol. The molecule has 21 heavy (non-hydrogen) atoms. The van der Waals surface area contributed by atoms with Crippen LogP contribution in [0.1, 0.15) is 58.6 Å².